The number of carbonyl (C=O) groups excluding carboxylic acids is 2. The van der Waals surface area contributed by atoms with Gasteiger partial charge in [-0.25, -0.2) is 14.2 Å². The Bertz CT molecular complexity index is 842. The summed E-state index contributed by atoms with van der Waals surface area (Å²) in [6.45, 7) is 4.77. The largest absolute Gasteiger partial charge is 0.462 e. The summed E-state index contributed by atoms with van der Waals surface area (Å²) in [5, 5.41) is 0. The van der Waals surface area contributed by atoms with Crippen molar-refractivity contribution in [1.82, 2.24) is 9.88 Å². The lowest BCUT2D eigenvalue weighted by atomic mass is 10.0. The first-order valence-electron chi connectivity index (χ1n) is 9.66. The number of halogens is 1. The lowest BCUT2D eigenvalue weighted by molar-refractivity contribution is -0.123. The van der Waals surface area contributed by atoms with E-state index in [1.165, 1.54) is 18.3 Å². The van der Waals surface area contributed by atoms with Gasteiger partial charge in [-0.1, -0.05) is 12.1 Å². The molecule has 1 aliphatic rings. The number of ether oxygens (including phenoxy) is 1. The number of hydrogen-bond acceptors (Lipinski definition) is 6. The molecule has 1 amide bonds. The van der Waals surface area contributed by atoms with Crippen molar-refractivity contribution >= 4 is 17.7 Å². The molecule has 2 N–H and O–H groups in total. The maximum Gasteiger partial charge on any atom is 0.339 e. The zero-order chi connectivity index (χ0) is 20.8. The number of esters is 1. The first kappa shape index (κ1) is 20.7. The molecule has 1 aromatic carbocycles. The number of rotatable bonds is 6. The molecular formula is C21H25FN4O3. The van der Waals surface area contributed by atoms with Gasteiger partial charge >= 0.3 is 5.97 Å². The highest BCUT2D eigenvalue weighted by molar-refractivity contribution is 5.89. The third-order valence-electron chi connectivity index (χ3n) is 4.93. The van der Waals surface area contributed by atoms with Crippen molar-refractivity contribution in [2.75, 3.05) is 37.7 Å². The second kappa shape index (κ2) is 9.47. The van der Waals surface area contributed by atoms with E-state index in [-0.39, 0.29) is 5.82 Å². The Morgan fingerprint density at radius 2 is 1.90 bits per heavy atom. The van der Waals surface area contributed by atoms with Gasteiger partial charge in [0.1, 0.15) is 17.7 Å². The van der Waals surface area contributed by atoms with Gasteiger partial charge in [0.05, 0.1) is 12.2 Å². The summed E-state index contributed by atoms with van der Waals surface area (Å²) < 4.78 is 18.2. The molecule has 1 atom stereocenters. The average Bonchev–Trinajstić information content (AvgIpc) is 2.96. The standard InChI is InChI=1S/C21H25FN4O3/c1-2-29-21(28)16-6-9-18(24-14-16)25-10-3-11-26(13-12-25)19(20(23)27)15-4-7-17(22)8-5-15/h4-9,14,19H,2-3,10-13H2,1H3,(H2,23,27). The van der Waals surface area contributed by atoms with Crippen molar-refractivity contribution in [3.8, 4) is 0 Å². The summed E-state index contributed by atoms with van der Waals surface area (Å²) in [5.41, 5.74) is 6.76. The molecule has 0 aliphatic carbocycles. The van der Waals surface area contributed by atoms with Gasteiger partial charge in [0.25, 0.3) is 0 Å². The number of amides is 1. The molecule has 0 spiro atoms. The molecule has 0 saturated carbocycles. The number of anilines is 1. The summed E-state index contributed by atoms with van der Waals surface area (Å²) in [6, 6.07) is 8.78. The zero-order valence-electron chi connectivity index (χ0n) is 16.4. The van der Waals surface area contributed by atoms with Crippen molar-refractivity contribution < 1.29 is 18.7 Å². The average molecular weight is 400 g/mol. The molecule has 0 bridgehead atoms. The van der Waals surface area contributed by atoms with E-state index in [0.29, 0.717) is 37.4 Å². The van der Waals surface area contributed by atoms with Crippen LogP contribution in [0.15, 0.2) is 42.6 Å². The van der Waals surface area contributed by atoms with Gasteiger partial charge in [-0.15, -0.1) is 0 Å². The molecular weight excluding hydrogens is 375 g/mol. The van der Waals surface area contributed by atoms with E-state index in [2.05, 4.69) is 9.88 Å². The van der Waals surface area contributed by atoms with Crippen molar-refractivity contribution in [2.24, 2.45) is 5.73 Å². The number of carbonyl (C=O) groups is 2. The predicted octanol–water partition coefficient (Wildman–Crippen LogP) is 2.14. The number of hydrogen-bond donors (Lipinski definition) is 1. The quantitative estimate of drug-likeness (QED) is 0.748. The molecule has 2 heterocycles. The van der Waals surface area contributed by atoms with Gasteiger partial charge < -0.3 is 15.4 Å². The number of nitrogens with two attached hydrogens (primary N) is 1. The zero-order valence-corrected chi connectivity index (χ0v) is 16.4. The van der Waals surface area contributed by atoms with E-state index in [4.69, 9.17) is 10.5 Å². The highest BCUT2D eigenvalue weighted by Gasteiger charge is 2.28. The fraction of sp³-hybridized carbons (Fsp3) is 0.381. The van der Waals surface area contributed by atoms with Gasteiger partial charge in [0.2, 0.25) is 5.91 Å². The number of pyridine rings is 1. The lowest BCUT2D eigenvalue weighted by Gasteiger charge is -2.28. The Morgan fingerprint density at radius 1 is 1.14 bits per heavy atom. The van der Waals surface area contributed by atoms with Crippen LogP contribution in [0.1, 0.15) is 35.3 Å². The molecule has 1 aliphatic heterocycles. The summed E-state index contributed by atoms with van der Waals surface area (Å²) in [6.07, 6.45) is 2.33. The van der Waals surface area contributed by atoms with Gasteiger partial charge in [0.15, 0.2) is 0 Å². The van der Waals surface area contributed by atoms with Crippen molar-refractivity contribution in [3.05, 3.63) is 59.5 Å². The Kier molecular flexibility index (Phi) is 6.77. The van der Waals surface area contributed by atoms with Crippen LogP contribution in [0.25, 0.3) is 0 Å². The minimum absolute atomic E-state index is 0.317. The molecule has 1 saturated heterocycles. The van der Waals surface area contributed by atoms with E-state index >= 15 is 0 Å². The maximum absolute atomic E-state index is 13.2. The van der Waals surface area contributed by atoms with Crippen LogP contribution in [-0.2, 0) is 9.53 Å². The molecule has 1 aromatic heterocycles. The monoisotopic (exact) mass is 400 g/mol. The summed E-state index contributed by atoms with van der Waals surface area (Å²) in [5.74, 6) is -0.437. The van der Waals surface area contributed by atoms with Crippen molar-refractivity contribution in [2.45, 2.75) is 19.4 Å². The Morgan fingerprint density at radius 3 is 2.52 bits per heavy atom. The lowest BCUT2D eigenvalue weighted by Crippen LogP contribution is -2.40. The van der Waals surface area contributed by atoms with Crippen LogP contribution < -0.4 is 10.6 Å². The summed E-state index contributed by atoms with van der Waals surface area (Å²) >= 11 is 0. The van der Waals surface area contributed by atoms with E-state index in [1.54, 1.807) is 31.2 Å². The topological polar surface area (TPSA) is 88.8 Å². The van der Waals surface area contributed by atoms with Crippen molar-refractivity contribution in [3.63, 3.8) is 0 Å². The number of benzene rings is 1. The van der Waals surface area contributed by atoms with E-state index in [0.717, 1.165) is 18.8 Å². The molecule has 7 nitrogen and oxygen atoms in total. The highest BCUT2D eigenvalue weighted by atomic mass is 19.1. The molecule has 29 heavy (non-hydrogen) atoms. The normalized spacial score (nSPS) is 16.1. The van der Waals surface area contributed by atoms with Crippen LogP contribution in [0.2, 0.25) is 0 Å². The molecule has 1 fully saturated rings. The van der Waals surface area contributed by atoms with Gasteiger partial charge in [-0.2, -0.15) is 0 Å². The third kappa shape index (κ3) is 5.08. The smallest absolute Gasteiger partial charge is 0.339 e. The molecule has 2 aromatic rings. The molecule has 0 radical (unpaired) electrons. The Hall–Kier alpha value is -3.00. The summed E-state index contributed by atoms with van der Waals surface area (Å²) in [4.78, 5) is 32.4. The molecule has 8 heteroatoms. The molecule has 1 unspecified atom stereocenters. The third-order valence-corrected chi connectivity index (χ3v) is 4.93. The van der Waals surface area contributed by atoms with E-state index < -0.39 is 17.9 Å². The first-order valence-corrected chi connectivity index (χ1v) is 9.66. The SMILES string of the molecule is CCOC(=O)c1ccc(N2CCCN(C(C(N)=O)c3ccc(F)cc3)CC2)nc1. The van der Waals surface area contributed by atoms with Crippen LogP contribution in [0.3, 0.4) is 0 Å². The van der Waals surface area contributed by atoms with Crippen LogP contribution in [0, 0.1) is 5.82 Å². The maximum atomic E-state index is 13.2. The molecule has 3 rings (SSSR count). The first-order chi connectivity index (χ1) is 14.0. The van der Waals surface area contributed by atoms with Gasteiger partial charge in [-0.3, -0.25) is 9.69 Å². The number of aromatic nitrogens is 1. The summed E-state index contributed by atoms with van der Waals surface area (Å²) in [7, 11) is 0. The van der Waals surface area contributed by atoms with Gasteiger partial charge in [0, 0.05) is 32.4 Å². The molecule has 154 valence electrons. The second-order valence-electron chi connectivity index (χ2n) is 6.86. The van der Waals surface area contributed by atoms with E-state index in [9.17, 15) is 14.0 Å². The second-order valence-corrected chi connectivity index (χ2v) is 6.86. The Balaban J connectivity index is 1.70. The number of primary amides is 1. The predicted molar refractivity (Wildman–Crippen MR) is 107 cm³/mol. The highest BCUT2D eigenvalue weighted by Crippen LogP contribution is 2.24. The minimum Gasteiger partial charge on any atom is -0.462 e. The van der Waals surface area contributed by atoms with Crippen LogP contribution in [0.5, 0.6) is 0 Å². The van der Waals surface area contributed by atoms with Crippen molar-refractivity contribution in [1.29, 1.82) is 0 Å². The fourth-order valence-corrected chi connectivity index (χ4v) is 3.53. The Labute approximate surface area is 169 Å². The van der Waals surface area contributed by atoms with E-state index in [1.807, 2.05) is 4.90 Å². The van der Waals surface area contributed by atoms with Gasteiger partial charge in [-0.05, 0) is 43.2 Å². The minimum atomic E-state index is -0.602. The number of nitrogens with zero attached hydrogens (tertiary/aromatic N) is 3. The van der Waals surface area contributed by atoms with Crippen LogP contribution in [0.4, 0.5) is 10.2 Å². The van der Waals surface area contributed by atoms with Crippen LogP contribution in [-0.4, -0.2) is 54.5 Å². The van der Waals surface area contributed by atoms with Crippen LogP contribution >= 0.6 is 0 Å². The fourth-order valence-electron chi connectivity index (χ4n) is 3.53.